The van der Waals surface area contributed by atoms with Crippen molar-refractivity contribution in [1.29, 1.82) is 0 Å². The molecule has 106 valence electrons. The average Bonchev–Trinajstić information content (AvgIpc) is 2.53. The maximum atomic E-state index is 4.48. The molecule has 0 amide bonds. The zero-order valence-corrected chi connectivity index (χ0v) is 13.2. The molecule has 0 saturated carbocycles. The van der Waals surface area contributed by atoms with Crippen molar-refractivity contribution < 1.29 is 0 Å². The van der Waals surface area contributed by atoms with Crippen LogP contribution in [0.2, 0.25) is 0 Å². The molecular formula is C16H15BrN4. The Morgan fingerprint density at radius 1 is 1.14 bits per heavy atom. The number of pyridine rings is 3. The Morgan fingerprint density at radius 3 is 2.71 bits per heavy atom. The third-order valence-electron chi connectivity index (χ3n) is 3.39. The summed E-state index contributed by atoms with van der Waals surface area (Å²) in [6, 6.07) is 8.24. The second-order valence-corrected chi connectivity index (χ2v) is 5.68. The van der Waals surface area contributed by atoms with Crippen molar-refractivity contribution in [2.75, 3.05) is 5.32 Å². The predicted octanol–water partition coefficient (Wildman–Crippen LogP) is 4.35. The highest BCUT2D eigenvalue weighted by Gasteiger charge is 2.11. The molecule has 4 nitrogen and oxygen atoms in total. The normalized spacial score (nSPS) is 12.3. The fourth-order valence-electron chi connectivity index (χ4n) is 2.33. The molecular weight excluding hydrogens is 328 g/mol. The molecule has 0 aliphatic carbocycles. The minimum Gasteiger partial charge on any atom is -0.376 e. The lowest BCUT2D eigenvalue weighted by atomic mass is 10.1. The van der Waals surface area contributed by atoms with E-state index in [9.17, 15) is 0 Å². The second kappa shape index (κ2) is 6.18. The third-order valence-corrected chi connectivity index (χ3v) is 3.82. The predicted molar refractivity (Wildman–Crippen MR) is 88.1 cm³/mol. The molecule has 5 heteroatoms. The molecule has 3 rings (SSSR count). The van der Waals surface area contributed by atoms with Gasteiger partial charge >= 0.3 is 0 Å². The number of rotatable bonds is 4. The fraction of sp³-hybridized carbons (Fsp3) is 0.188. The van der Waals surface area contributed by atoms with E-state index < -0.39 is 0 Å². The lowest BCUT2D eigenvalue weighted by Gasteiger charge is -2.19. The first-order chi connectivity index (χ1) is 10.3. The Morgan fingerprint density at radius 2 is 1.95 bits per heavy atom. The summed E-state index contributed by atoms with van der Waals surface area (Å²) in [5.74, 6) is 0. The van der Waals surface area contributed by atoms with E-state index in [-0.39, 0.29) is 6.04 Å². The lowest BCUT2D eigenvalue weighted by Crippen LogP contribution is -2.10. The molecule has 3 heterocycles. The Labute approximate surface area is 131 Å². The highest BCUT2D eigenvalue weighted by Crippen LogP contribution is 2.27. The summed E-state index contributed by atoms with van der Waals surface area (Å²) in [7, 11) is 0. The maximum absolute atomic E-state index is 4.48. The number of halogens is 1. The van der Waals surface area contributed by atoms with Gasteiger partial charge in [0.15, 0.2) is 0 Å². The van der Waals surface area contributed by atoms with Crippen molar-refractivity contribution in [1.82, 2.24) is 15.0 Å². The van der Waals surface area contributed by atoms with Gasteiger partial charge in [-0.15, -0.1) is 0 Å². The van der Waals surface area contributed by atoms with E-state index in [1.54, 1.807) is 12.4 Å². The van der Waals surface area contributed by atoms with E-state index in [0.29, 0.717) is 0 Å². The molecule has 1 atom stereocenters. The van der Waals surface area contributed by atoms with Gasteiger partial charge in [-0.3, -0.25) is 15.0 Å². The first kappa shape index (κ1) is 13.9. The summed E-state index contributed by atoms with van der Waals surface area (Å²) in [4.78, 5) is 12.9. The van der Waals surface area contributed by atoms with Crippen LogP contribution < -0.4 is 5.32 Å². The number of hydrogen-bond acceptors (Lipinski definition) is 4. The van der Waals surface area contributed by atoms with Gasteiger partial charge in [-0.2, -0.15) is 0 Å². The molecule has 0 spiro atoms. The summed E-state index contributed by atoms with van der Waals surface area (Å²) in [6.45, 7) is 2.16. The van der Waals surface area contributed by atoms with Crippen molar-refractivity contribution in [3.05, 3.63) is 59.1 Å². The topological polar surface area (TPSA) is 50.7 Å². The minimum absolute atomic E-state index is 0.226. The molecule has 0 aliphatic heterocycles. The van der Waals surface area contributed by atoms with Gasteiger partial charge in [0, 0.05) is 29.3 Å². The van der Waals surface area contributed by atoms with Crippen molar-refractivity contribution in [3.63, 3.8) is 0 Å². The van der Waals surface area contributed by atoms with Gasteiger partial charge in [0.25, 0.3) is 0 Å². The maximum Gasteiger partial charge on any atom is 0.112 e. The van der Waals surface area contributed by atoms with Crippen LogP contribution in [-0.2, 0) is 0 Å². The Kier molecular flexibility index (Phi) is 4.10. The molecule has 3 aromatic rings. The third kappa shape index (κ3) is 3.03. The molecule has 0 fully saturated rings. The largest absolute Gasteiger partial charge is 0.376 e. The van der Waals surface area contributed by atoms with Crippen molar-refractivity contribution in [2.24, 2.45) is 0 Å². The van der Waals surface area contributed by atoms with E-state index in [2.05, 4.69) is 43.1 Å². The first-order valence-corrected chi connectivity index (χ1v) is 7.64. The minimum atomic E-state index is 0.226. The molecule has 0 bridgehead atoms. The fourth-order valence-corrected chi connectivity index (χ4v) is 2.65. The van der Waals surface area contributed by atoms with Crippen LogP contribution in [0.5, 0.6) is 0 Å². The zero-order chi connectivity index (χ0) is 14.7. The molecule has 1 N–H and O–H groups in total. The summed E-state index contributed by atoms with van der Waals surface area (Å²) >= 11 is 3.43. The van der Waals surface area contributed by atoms with E-state index >= 15 is 0 Å². The molecule has 0 aliphatic rings. The number of nitrogens with one attached hydrogen (secondary N) is 1. The Bertz CT molecular complexity index is 746. The van der Waals surface area contributed by atoms with Crippen LogP contribution in [0.1, 0.15) is 24.9 Å². The van der Waals surface area contributed by atoms with Crippen LogP contribution in [0.15, 0.2) is 53.5 Å². The van der Waals surface area contributed by atoms with Crippen LogP contribution in [0, 0.1) is 0 Å². The molecule has 0 aromatic carbocycles. The van der Waals surface area contributed by atoms with E-state index in [1.807, 2.05) is 36.7 Å². The smallest absolute Gasteiger partial charge is 0.112 e. The monoisotopic (exact) mass is 342 g/mol. The Balaban J connectivity index is 1.97. The average molecular weight is 343 g/mol. The molecule has 21 heavy (non-hydrogen) atoms. The van der Waals surface area contributed by atoms with Crippen molar-refractivity contribution >= 4 is 32.7 Å². The van der Waals surface area contributed by atoms with Gasteiger partial charge in [-0.25, -0.2) is 0 Å². The van der Waals surface area contributed by atoms with E-state index in [0.717, 1.165) is 27.6 Å². The van der Waals surface area contributed by atoms with Crippen LogP contribution in [0.25, 0.3) is 11.0 Å². The Hall–Kier alpha value is -2.01. The van der Waals surface area contributed by atoms with Crippen LogP contribution in [0.3, 0.4) is 0 Å². The van der Waals surface area contributed by atoms with Gasteiger partial charge in [-0.05, 0) is 52.2 Å². The zero-order valence-electron chi connectivity index (χ0n) is 11.6. The number of aromatic nitrogens is 3. The standard InChI is InChI=1S/C16H15BrN4/c1-2-13(11-3-6-18-7-4-11)21-14-5-8-19-15-9-12(17)10-20-16(14)15/h3-10,13H,2H2,1H3,(H,19,21). The first-order valence-electron chi connectivity index (χ1n) is 6.84. The van der Waals surface area contributed by atoms with Gasteiger partial charge in [0.1, 0.15) is 5.52 Å². The van der Waals surface area contributed by atoms with Gasteiger partial charge in [-0.1, -0.05) is 6.92 Å². The van der Waals surface area contributed by atoms with Gasteiger partial charge in [0.05, 0.1) is 17.2 Å². The van der Waals surface area contributed by atoms with Crippen molar-refractivity contribution in [3.8, 4) is 0 Å². The summed E-state index contributed by atoms with van der Waals surface area (Å²) < 4.78 is 0.931. The quantitative estimate of drug-likeness (QED) is 0.765. The number of fused-ring (bicyclic) bond motifs is 1. The van der Waals surface area contributed by atoms with Crippen LogP contribution in [0.4, 0.5) is 5.69 Å². The molecule has 0 saturated heterocycles. The SMILES string of the molecule is CCC(Nc1ccnc2cc(Br)cnc12)c1ccncc1. The van der Waals surface area contributed by atoms with Crippen LogP contribution in [-0.4, -0.2) is 15.0 Å². The lowest BCUT2D eigenvalue weighted by molar-refractivity contribution is 0.748. The summed E-state index contributed by atoms with van der Waals surface area (Å²) in [5.41, 5.74) is 3.97. The van der Waals surface area contributed by atoms with E-state index in [4.69, 9.17) is 0 Å². The second-order valence-electron chi connectivity index (χ2n) is 4.77. The molecule has 3 aromatic heterocycles. The summed E-state index contributed by atoms with van der Waals surface area (Å²) in [6.07, 6.45) is 8.21. The van der Waals surface area contributed by atoms with Crippen molar-refractivity contribution in [2.45, 2.75) is 19.4 Å². The number of hydrogen-bond donors (Lipinski definition) is 1. The van der Waals surface area contributed by atoms with E-state index in [1.165, 1.54) is 5.56 Å². The number of anilines is 1. The highest BCUT2D eigenvalue weighted by atomic mass is 79.9. The summed E-state index contributed by atoms with van der Waals surface area (Å²) in [5, 5.41) is 3.56. The van der Waals surface area contributed by atoms with Gasteiger partial charge in [0.2, 0.25) is 0 Å². The van der Waals surface area contributed by atoms with Gasteiger partial charge < -0.3 is 5.32 Å². The highest BCUT2D eigenvalue weighted by molar-refractivity contribution is 9.10. The van der Waals surface area contributed by atoms with Crippen LogP contribution >= 0.6 is 15.9 Å². The number of nitrogens with zero attached hydrogens (tertiary/aromatic N) is 3. The molecule has 0 radical (unpaired) electrons. The molecule has 1 unspecified atom stereocenters.